The van der Waals surface area contributed by atoms with E-state index >= 15 is 0 Å². The van der Waals surface area contributed by atoms with Crippen LogP contribution < -0.4 is 5.32 Å². The first-order valence-electron chi connectivity index (χ1n) is 10.0. The fourth-order valence-electron chi connectivity index (χ4n) is 3.04. The van der Waals surface area contributed by atoms with Crippen LogP contribution in [0.2, 0.25) is 0 Å². The van der Waals surface area contributed by atoms with Gasteiger partial charge in [0.25, 0.3) is 5.91 Å². The quantitative estimate of drug-likeness (QED) is 0.366. The molecule has 0 aliphatic carbocycles. The summed E-state index contributed by atoms with van der Waals surface area (Å²) in [6.07, 6.45) is -2.17. The molecule has 1 aromatic heterocycles. The van der Waals surface area contributed by atoms with Gasteiger partial charge in [0, 0.05) is 18.4 Å². The minimum absolute atomic E-state index is 0.0331. The number of benzene rings is 1. The molecule has 1 aromatic carbocycles. The topological polar surface area (TPSA) is 82.3 Å². The van der Waals surface area contributed by atoms with Crippen molar-refractivity contribution in [3.63, 3.8) is 0 Å². The summed E-state index contributed by atoms with van der Waals surface area (Å²) >= 11 is 0. The van der Waals surface area contributed by atoms with Gasteiger partial charge in [-0.05, 0) is 55.7 Å². The molecule has 0 bridgehead atoms. The number of rotatable bonds is 10. The van der Waals surface area contributed by atoms with E-state index in [1.807, 2.05) is 0 Å². The molecule has 0 saturated heterocycles. The normalized spacial score (nSPS) is 14.0. The summed E-state index contributed by atoms with van der Waals surface area (Å²) < 4.78 is 93.9. The number of amides is 1. The molecule has 34 heavy (non-hydrogen) atoms. The van der Waals surface area contributed by atoms with Crippen molar-refractivity contribution in [1.82, 2.24) is 14.6 Å². The summed E-state index contributed by atoms with van der Waals surface area (Å²) in [6, 6.07) is 3.34. The monoisotopic (exact) mass is 505 g/mol. The van der Waals surface area contributed by atoms with E-state index in [0.29, 0.717) is 6.92 Å². The smallest absolute Gasteiger partial charge is 0.357 e. The van der Waals surface area contributed by atoms with Gasteiger partial charge in [-0.2, -0.15) is 17.5 Å². The van der Waals surface area contributed by atoms with Gasteiger partial charge in [0.1, 0.15) is 17.5 Å². The number of hydrogen-bond donors (Lipinski definition) is 2. The third-order valence-corrected chi connectivity index (χ3v) is 6.92. The number of halogens is 5. The van der Waals surface area contributed by atoms with Crippen LogP contribution in [0.4, 0.5) is 22.0 Å². The molecule has 0 aliphatic heterocycles. The minimum Gasteiger partial charge on any atom is -0.357 e. The van der Waals surface area contributed by atoms with Crippen LogP contribution in [0, 0.1) is 11.6 Å². The lowest BCUT2D eigenvalue weighted by Crippen LogP contribution is -2.49. The van der Waals surface area contributed by atoms with Crippen LogP contribution in [0.3, 0.4) is 0 Å². The number of sulfonamides is 1. The average molecular weight is 506 g/mol. The Balaban J connectivity index is 2.54. The van der Waals surface area contributed by atoms with Crippen LogP contribution in [-0.2, 0) is 10.0 Å². The Hall–Kier alpha value is -2.99. The van der Waals surface area contributed by atoms with Crippen molar-refractivity contribution >= 4 is 21.5 Å². The molecular weight excluding hydrogens is 481 g/mol. The predicted molar refractivity (Wildman–Crippen MR) is 118 cm³/mol. The van der Waals surface area contributed by atoms with Gasteiger partial charge in [0.05, 0.1) is 0 Å². The molecule has 2 N–H and O–H groups in total. The Morgan fingerprint density at radius 3 is 2.44 bits per heavy atom. The standard InChI is InChI=1S/C22H24F5N3O3S/c1-4-5-11-30(15(3)22(25,26)27)34(32,33)13-20(29-21(31)19-7-6-10-28-19)14(2)16-8-9-17(23)18(24)12-16/h4,6-10,12,15,28H,1,5,11,13H2,2-3H3,(H,29,31)/b20-14+/t15-/m1/s1. The Bertz CT molecular complexity index is 1160. The molecule has 186 valence electrons. The highest BCUT2D eigenvalue weighted by Crippen LogP contribution is 2.28. The fraction of sp³-hybridized carbons (Fsp3) is 0.318. The Labute approximate surface area is 194 Å². The third-order valence-electron chi connectivity index (χ3n) is 5.06. The van der Waals surface area contributed by atoms with Crippen LogP contribution in [0.15, 0.2) is 54.9 Å². The maximum absolute atomic E-state index is 13.8. The minimum atomic E-state index is -4.85. The van der Waals surface area contributed by atoms with Gasteiger partial charge in [-0.25, -0.2) is 17.2 Å². The van der Waals surface area contributed by atoms with Crippen molar-refractivity contribution in [3.8, 4) is 0 Å². The number of carbonyl (C=O) groups excluding carboxylic acids is 1. The summed E-state index contributed by atoms with van der Waals surface area (Å²) in [6.45, 7) is 4.97. The first kappa shape index (κ1) is 27.3. The second-order valence-corrected chi connectivity index (χ2v) is 9.35. The number of hydrogen-bond acceptors (Lipinski definition) is 3. The Morgan fingerprint density at radius 2 is 1.91 bits per heavy atom. The number of alkyl halides is 3. The summed E-state index contributed by atoms with van der Waals surface area (Å²) in [5, 5.41) is 2.38. The molecule has 12 heteroatoms. The highest BCUT2D eigenvalue weighted by atomic mass is 32.2. The van der Waals surface area contributed by atoms with Gasteiger partial charge >= 0.3 is 6.18 Å². The van der Waals surface area contributed by atoms with Gasteiger partial charge < -0.3 is 10.3 Å². The molecule has 0 unspecified atom stereocenters. The van der Waals surface area contributed by atoms with Crippen molar-refractivity contribution in [2.75, 3.05) is 12.3 Å². The van der Waals surface area contributed by atoms with E-state index in [1.165, 1.54) is 31.3 Å². The van der Waals surface area contributed by atoms with Gasteiger partial charge in [-0.3, -0.25) is 4.79 Å². The van der Waals surface area contributed by atoms with Crippen molar-refractivity contribution in [2.24, 2.45) is 0 Å². The van der Waals surface area contributed by atoms with E-state index in [-0.39, 0.29) is 33.3 Å². The maximum atomic E-state index is 13.8. The SMILES string of the molecule is C=CCCN([C@H](C)C(F)(F)F)S(=O)(=O)C/C(NC(=O)c1ccc[nH]1)=C(/C)c1ccc(F)c(F)c1. The van der Waals surface area contributed by atoms with Crippen molar-refractivity contribution in [1.29, 1.82) is 0 Å². The first-order chi connectivity index (χ1) is 15.8. The first-order valence-corrected chi connectivity index (χ1v) is 11.7. The lowest BCUT2D eigenvalue weighted by Gasteiger charge is -2.30. The lowest BCUT2D eigenvalue weighted by molar-refractivity contribution is -0.166. The van der Waals surface area contributed by atoms with Crippen LogP contribution in [-0.4, -0.2) is 48.1 Å². The van der Waals surface area contributed by atoms with Crippen LogP contribution >= 0.6 is 0 Å². The zero-order chi connectivity index (χ0) is 25.7. The third kappa shape index (κ3) is 6.76. The maximum Gasteiger partial charge on any atom is 0.404 e. The largest absolute Gasteiger partial charge is 0.404 e. The average Bonchev–Trinajstić information content (AvgIpc) is 3.29. The molecule has 6 nitrogen and oxygen atoms in total. The number of H-pyrrole nitrogens is 1. The zero-order valence-electron chi connectivity index (χ0n) is 18.4. The summed E-state index contributed by atoms with van der Waals surface area (Å²) in [7, 11) is -4.65. The molecule has 0 radical (unpaired) electrons. The summed E-state index contributed by atoms with van der Waals surface area (Å²) in [5.41, 5.74) is -0.160. The molecule has 1 atom stereocenters. The van der Waals surface area contributed by atoms with Crippen molar-refractivity contribution < 1.29 is 35.2 Å². The van der Waals surface area contributed by atoms with Gasteiger partial charge in [-0.15, -0.1) is 6.58 Å². The number of allylic oxidation sites excluding steroid dienone is 1. The van der Waals surface area contributed by atoms with Crippen molar-refractivity contribution in [2.45, 2.75) is 32.5 Å². The van der Waals surface area contributed by atoms with Gasteiger partial charge in [0.15, 0.2) is 11.6 Å². The number of nitrogens with one attached hydrogen (secondary N) is 2. The Kier molecular flexibility index (Phi) is 8.78. The Morgan fingerprint density at radius 1 is 1.24 bits per heavy atom. The molecule has 0 aliphatic rings. The molecule has 2 rings (SSSR count). The predicted octanol–water partition coefficient (Wildman–Crippen LogP) is 4.61. The molecule has 1 amide bonds. The highest BCUT2D eigenvalue weighted by molar-refractivity contribution is 7.89. The second-order valence-electron chi connectivity index (χ2n) is 7.43. The zero-order valence-corrected chi connectivity index (χ0v) is 19.2. The number of carbonyl (C=O) groups is 1. The van der Waals surface area contributed by atoms with E-state index < -0.39 is 52.1 Å². The van der Waals surface area contributed by atoms with E-state index in [9.17, 15) is 35.2 Å². The van der Waals surface area contributed by atoms with Crippen LogP contribution in [0.25, 0.3) is 5.57 Å². The number of aromatic amines is 1. The lowest BCUT2D eigenvalue weighted by atomic mass is 10.1. The molecule has 0 fully saturated rings. The van der Waals surface area contributed by atoms with Crippen LogP contribution in [0.5, 0.6) is 0 Å². The number of nitrogens with zero attached hydrogens (tertiary/aromatic N) is 1. The fourth-order valence-corrected chi connectivity index (χ4v) is 4.84. The molecule has 1 heterocycles. The van der Waals surface area contributed by atoms with E-state index in [1.54, 1.807) is 0 Å². The molecular formula is C22H24F5N3O3S. The highest BCUT2D eigenvalue weighted by Gasteiger charge is 2.44. The summed E-state index contributed by atoms with van der Waals surface area (Å²) in [5.74, 6) is -4.15. The number of aromatic nitrogens is 1. The van der Waals surface area contributed by atoms with E-state index in [4.69, 9.17) is 0 Å². The summed E-state index contributed by atoms with van der Waals surface area (Å²) in [4.78, 5) is 15.2. The van der Waals surface area contributed by atoms with Crippen molar-refractivity contribution in [3.05, 3.63) is 77.8 Å². The second kappa shape index (κ2) is 11.0. The van der Waals surface area contributed by atoms with Gasteiger partial charge in [-0.1, -0.05) is 12.1 Å². The molecule has 0 saturated carbocycles. The molecule has 2 aromatic rings. The molecule has 0 spiro atoms. The van der Waals surface area contributed by atoms with E-state index in [2.05, 4.69) is 16.9 Å². The van der Waals surface area contributed by atoms with E-state index in [0.717, 1.165) is 18.2 Å². The van der Waals surface area contributed by atoms with Crippen LogP contribution in [0.1, 0.15) is 36.3 Å². The van der Waals surface area contributed by atoms with Gasteiger partial charge in [0.2, 0.25) is 10.0 Å².